The maximum atomic E-state index is 14.2. The summed E-state index contributed by atoms with van der Waals surface area (Å²) in [5, 5.41) is 3.75. The third-order valence-electron chi connectivity index (χ3n) is 2.79. The molecule has 16 heavy (non-hydrogen) atoms. The Bertz CT molecular complexity index is 323. The third-order valence-corrected chi connectivity index (χ3v) is 3.01. The van der Waals surface area contributed by atoms with Crippen LogP contribution in [0.4, 0.5) is 4.39 Å². The molecule has 1 aliphatic rings. The van der Waals surface area contributed by atoms with Crippen LogP contribution in [-0.2, 0) is 6.42 Å². The van der Waals surface area contributed by atoms with E-state index in [0.717, 1.165) is 18.8 Å². The highest BCUT2D eigenvalue weighted by atomic mass is 35.5. The van der Waals surface area contributed by atoms with Gasteiger partial charge in [-0.2, -0.15) is 0 Å². The van der Waals surface area contributed by atoms with Gasteiger partial charge in [0.25, 0.3) is 0 Å². The van der Waals surface area contributed by atoms with Crippen LogP contribution in [0.2, 0.25) is 5.02 Å². The van der Waals surface area contributed by atoms with E-state index in [0.29, 0.717) is 24.3 Å². The van der Waals surface area contributed by atoms with Crippen molar-refractivity contribution in [3.8, 4) is 0 Å². The molecule has 0 aromatic carbocycles. The van der Waals surface area contributed by atoms with Crippen LogP contribution in [-0.4, -0.2) is 23.7 Å². The summed E-state index contributed by atoms with van der Waals surface area (Å²) < 4.78 is 14.2. The summed E-state index contributed by atoms with van der Waals surface area (Å²) >= 11 is 5.72. The van der Waals surface area contributed by atoms with Crippen LogP contribution >= 0.6 is 24.0 Å². The molecule has 0 atom stereocenters. The highest BCUT2D eigenvalue weighted by Gasteiger charge is 2.32. The van der Waals surface area contributed by atoms with Gasteiger partial charge in [-0.15, -0.1) is 12.4 Å². The zero-order valence-corrected chi connectivity index (χ0v) is 10.5. The Hall–Kier alpha value is -0.380. The molecule has 1 aromatic heterocycles. The Morgan fingerprint density at radius 2 is 2.06 bits per heavy atom. The molecular weight excluding hydrogens is 250 g/mol. The number of rotatable bonds is 2. The second-order valence-electron chi connectivity index (χ2n) is 4.05. The molecule has 0 spiro atoms. The van der Waals surface area contributed by atoms with Gasteiger partial charge in [0.15, 0.2) is 0 Å². The van der Waals surface area contributed by atoms with E-state index in [1.165, 1.54) is 0 Å². The second-order valence-corrected chi connectivity index (χ2v) is 4.48. The van der Waals surface area contributed by atoms with Gasteiger partial charge in [-0.05, 0) is 38.1 Å². The Kier molecular flexibility index (Phi) is 4.96. The molecule has 1 aromatic rings. The third kappa shape index (κ3) is 3.58. The zero-order chi connectivity index (χ0) is 10.7. The standard InChI is InChI=1S/C11H14ClFN2.ClH/c12-9-1-2-10(15-8-9)7-11(13)3-5-14-6-4-11;/h1-2,8,14H,3-7H2;1H. The van der Waals surface area contributed by atoms with E-state index in [9.17, 15) is 4.39 Å². The molecule has 0 aliphatic carbocycles. The molecule has 0 bridgehead atoms. The monoisotopic (exact) mass is 264 g/mol. The summed E-state index contributed by atoms with van der Waals surface area (Å²) in [5.41, 5.74) is -0.310. The first-order valence-electron chi connectivity index (χ1n) is 5.18. The van der Waals surface area contributed by atoms with Crippen LogP contribution in [0, 0.1) is 0 Å². The van der Waals surface area contributed by atoms with Crippen LogP contribution in [0.3, 0.4) is 0 Å². The molecule has 1 fully saturated rings. The second kappa shape index (κ2) is 5.80. The molecule has 1 aliphatic heterocycles. The highest BCUT2D eigenvalue weighted by molar-refractivity contribution is 6.30. The average molecular weight is 265 g/mol. The number of nitrogens with zero attached hydrogens (tertiary/aromatic N) is 1. The Balaban J connectivity index is 0.00000128. The van der Waals surface area contributed by atoms with Crippen molar-refractivity contribution in [3.63, 3.8) is 0 Å². The van der Waals surface area contributed by atoms with E-state index in [1.807, 2.05) is 0 Å². The molecule has 0 unspecified atom stereocenters. The van der Waals surface area contributed by atoms with Crippen LogP contribution in [0.25, 0.3) is 0 Å². The van der Waals surface area contributed by atoms with Gasteiger partial charge in [0.05, 0.1) is 5.02 Å². The smallest absolute Gasteiger partial charge is 0.119 e. The average Bonchev–Trinajstić information content (AvgIpc) is 2.22. The van der Waals surface area contributed by atoms with E-state index in [2.05, 4.69) is 10.3 Å². The fourth-order valence-electron chi connectivity index (χ4n) is 1.89. The van der Waals surface area contributed by atoms with Crippen molar-refractivity contribution < 1.29 is 4.39 Å². The summed E-state index contributed by atoms with van der Waals surface area (Å²) in [6, 6.07) is 3.56. The first-order chi connectivity index (χ1) is 7.18. The number of piperidine rings is 1. The lowest BCUT2D eigenvalue weighted by molar-refractivity contribution is 0.115. The summed E-state index contributed by atoms with van der Waals surface area (Å²) in [5.74, 6) is 0. The Morgan fingerprint density at radius 1 is 1.38 bits per heavy atom. The normalized spacial score (nSPS) is 18.9. The number of nitrogens with one attached hydrogen (secondary N) is 1. The van der Waals surface area contributed by atoms with E-state index in [-0.39, 0.29) is 12.4 Å². The minimum atomic E-state index is -1.09. The minimum absolute atomic E-state index is 0. The first kappa shape index (κ1) is 13.7. The SMILES string of the molecule is Cl.FC1(Cc2ccc(Cl)cn2)CCNCC1. The molecule has 0 radical (unpaired) electrons. The van der Waals surface area contributed by atoms with Crippen molar-refractivity contribution in [2.24, 2.45) is 0 Å². The van der Waals surface area contributed by atoms with Gasteiger partial charge in [-0.3, -0.25) is 4.98 Å². The fourth-order valence-corrected chi connectivity index (χ4v) is 2.00. The van der Waals surface area contributed by atoms with Crippen molar-refractivity contribution in [2.75, 3.05) is 13.1 Å². The van der Waals surface area contributed by atoms with Gasteiger partial charge >= 0.3 is 0 Å². The highest BCUT2D eigenvalue weighted by Crippen LogP contribution is 2.27. The molecule has 2 rings (SSSR count). The van der Waals surface area contributed by atoms with Crippen LogP contribution in [0.5, 0.6) is 0 Å². The van der Waals surface area contributed by atoms with Gasteiger partial charge in [0.1, 0.15) is 5.67 Å². The van der Waals surface area contributed by atoms with Crippen molar-refractivity contribution in [1.29, 1.82) is 0 Å². The molecule has 1 saturated heterocycles. The van der Waals surface area contributed by atoms with Crippen molar-refractivity contribution in [3.05, 3.63) is 29.0 Å². The van der Waals surface area contributed by atoms with E-state index in [4.69, 9.17) is 11.6 Å². The number of hydrogen-bond donors (Lipinski definition) is 1. The summed E-state index contributed by atoms with van der Waals surface area (Å²) in [6.45, 7) is 1.51. The van der Waals surface area contributed by atoms with Crippen LogP contribution < -0.4 is 5.32 Å². The lowest BCUT2D eigenvalue weighted by atomic mass is 9.89. The van der Waals surface area contributed by atoms with Crippen LogP contribution in [0.15, 0.2) is 18.3 Å². The molecule has 5 heteroatoms. The molecule has 0 amide bonds. The molecule has 2 nitrogen and oxygen atoms in total. The molecular formula is C11H15Cl2FN2. The van der Waals surface area contributed by atoms with E-state index >= 15 is 0 Å². The van der Waals surface area contributed by atoms with Gasteiger partial charge in [0.2, 0.25) is 0 Å². The summed E-state index contributed by atoms with van der Waals surface area (Å²) in [7, 11) is 0. The molecule has 1 N–H and O–H groups in total. The van der Waals surface area contributed by atoms with Crippen molar-refractivity contribution in [2.45, 2.75) is 24.9 Å². The maximum Gasteiger partial charge on any atom is 0.119 e. The van der Waals surface area contributed by atoms with Crippen LogP contribution in [0.1, 0.15) is 18.5 Å². The predicted octanol–water partition coefficient (Wildman–Crippen LogP) is 2.79. The van der Waals surface area contributed by atoms with Gasteiger partial charge in [-0.1, -0.05) is 11.6 Å². The first-order valence-corrected chi connectivity index (χ1v) is 5.56. The number of hydrogen-bond acceptors (Lipinski definition) is 2. The van der Waals surface area contributed by atoms with Gasteiger partial charge in [-0.25, -0.2) is 4.39 Å². The maximum absolute atomic E-state index is 14.2. The number of alkyl halides is 1. The van der Waals surface area contributed by atoms with E-state index < -0.39 is 5.67 Å². The minimum Gasteiger partial charge on any atom is -0.316 e. The molecule has 90 valence electrons. The predicted molar refractivity (Wildman–Crippen MR) is 66.1 cm³/mol. The van der Waals surface area contributed by atoms with Gasteiger partial charge in [0, 0.05) is 18.3 Å². The number of halogens is 3. The topological polar surface area (TPSA) is 24.9 Å². The Morgan fingerprint density at radius 3 is 2.62 bits per heavy atom. The molecule has 2 heterocycles. The lowest BCUT2D eigenvalue weighted by Gasteiger charge is -2.29. The van der Waals surface area contributed by atoms with Crippen molar-refractivity contribution >= 4 is 24.0 Å². The summed E-state index contributed by atoms with van der Waals surface area (Å²) in [6.07, 6.45) is 3.10. The lowest BCUT2D eigenvalue weighted by Crippen LogP contribution is -2.40. The summed E-state index contributed by atoms with van der Waals surface area (Å²) in [4.78, 5) is 4.13. The zero-order valence-electron chi connectivity index (χ0n) is 8.88. The van der Waals surface area contributed by atoms with Gasteiger partial charge < -0.3 is 5.32 Å². The largest absolute Gasteiger partial charge is 0.316 e. The molecule has 0 saturated carbocycles. The van der Waals surface area contributed by atoms with Crippen molar-refractivity contribution in [1.82, 2.24) is 10.3 Å². The number of aromatic nitrogens is 1. The van der Waals surface area contributed by atoms with E-state index in [1.54, 1.807) is 18.3 Å². The quantitative estimate of drug-likeness (QED) is 0.889. The number of pyridine rings is 1. The Labute approximate surface area is 106 Å². The fraction of sp³-hybridized carbons (Fsp3) is 0.545.